The van der Waals surface area contributed by atoms with Crippen LogP contribution in [0.2, 0.25) is 0 Å². The van der Waals surface area contributed by atoms with Gasteiger partial charge in [0.05, 0.1) is 16.1 Å². The Hall–Kier alpha value is -3.69. The molecule has 9 nitrogen and oxygen atoms in total. The first-order chi connectivity index (χ1) is 15.0. The molecule has 3 N–H and O–H groups in total. The summed E-state index contributed by atoms with van der Waals surface area (Å²) in [5, 5.41) is 25.6. The minimum Gasteiger partial charge on any atom is -0.507 e. The highest BCUT2D eigenvalue weighted by Gasteiger charge is 2.32. The van der Waals surface area contributed by atoms with Crippen molar-refractivity contribution in [2.24, 2.45) is 0 Å². The van der Waals surface area contributed by atoms with Crippen molar-refractivity contribution in [2.75, 3.05) is 26.2 Å². The average molecular weight is 420 g/mol. The monoisotopic (exact) mass is 420 g/mol. The number of carbonyl (C=O) groups is 1. The normalized spacial score (nSPS) is 17.8. The van der Waals surface area contributed by atoms with Gasteiger partial charge < -0.3 is 20.1 Å². The number of benzene rings is 2. The summed E-state index contributed by atoms with van der Waals surface area (Å²) in [7, 11) is 0. The lowest BCUT2D eigenvalue weighted by molar-refractivity contribution is -0.383. The molecule has 2 aromatic carbocycles. The Morgan fingerprint density at radius 2 is 2.03 bits per heavy atom. The number of nitro benzene ring substituents is 1. The molecule has 158 valence electrons. The second-order valence-electron chi connectivity index (χ2n) is 7.61. The van der Waals surface area contributed by atoms with Crippen LogP contribution in [0.5, 0.6) is 11.5 Å². The molecule has 9 heteroatoms. The van der Waals surface area contributed by atoms with Crippen molar-refractivity contribution in [2.45, 2.75) is 6.54 Å². The number of hydrogen-bond donors (Lipinski definition) is 3. The predicted molar refractivity (Wildman–Crippen MR) is 114 cm³/mol. The summed E-state index contributed by atoms with van der Waals surface area (Å²) in [5.74, 6) is 0.306. The molecule has 0 saturated carbocycles. The Morgan fingerprint density at radius 1 is 1.23 bits per heavy atom. The summed E-state index contributed by atoms with van der Waals surface area (Å²) in [6.07, 6.45) is 3.19. The number of hydrogen-bond acceptors (Lipinski definition) is 7. The highest BCUT2D eigenvalue weighted by Crippen LogP contribution is 2.40. The summed E-state index contributed by atoms with van der Waals surface area (Å²) in [5.41, 5.74) is 1.96. The van der Waals surface area contributed by atoms with Gasteiger partial charge in [0, 0.05) is 55.9 Å². The number of aromatic amines is 1. The maximum Gasteiger partial charge on any atom is 0.293 e. The fourth-order valence-electron chi connectivity index (χ4n) is 4.12. The number of ketones is 1. The summed E-state index contributed by atoms with van der Waals surface area (Å²) in [6, 6.07) is 7.87. The minimum atomic E-state index is -0.450. The molecule has 1 aromatic heterocycles. The summed E-state index contributed by atoms with van der Waals surface area (Å²) in [6.45, 7) is 3.90. The lowest BCUT2D eigenvalue weighted by atomic mass is 10.0. The molecule has 1 fully saturated rings. The molecule has 0 amide bonds. The van der Waals surface area contributed by atoms with Crippen molar-refractivity contribution >= 4 is 28.4 Å². The van der Waals surface area contributed by atoms with Crippen molar-refractivity contribution in [1.82, 2.24) is 15.2 Å². The third-order valence-electron chi connectivity index (χ3n) is 5.72. The number of allylic oxidation sites excluding steroid dienone is 1. The molecule has 0 atom stereocenters. The molecule has 0 aliphatic carbocycles. The van der Waals surface area contributed by atoms with Gasteiger partial charge in [-0.2, -0.15) is 0 Å². The van der Waals surface area contributed by atoms with Gasteiger partial charge in [0.1, 0.15) is 17.0 Å². The summed E-state index contributed by atoms with van der Waals surface area (Å²) < 4.78 is 5.93. The Balaban J connectivity index is 1.51. The molecule has 3 heterocycles. The summed E-state index contributed by atoms with van der Waals surface area (Å²) >= 11 is 0. The van der Waals surface area contributed by atoms with Gasteiger partial charge in [-0.1, -0.05) is 12.1 Å². The Morgan fingerprint density at radius 3 is 2.81 bits per heavy atom. The molecule has 0 spiro atoms. The van der Waals surface area contributed by atoms with Gasteiger partial charge in [0.15, 0.2) is 5.76 Å². The average Bonchev–Trinajstić information content (AvgIpc) is 3.32. The summed E-state index contributed by atoms with van der Waals surface area (Å²) in [4.78, 5) is 28.9. The highest BCUT2D eigenvalue weighted by molar-refractivity contribution is 6.15. The molecular formula is C22H20N4O5. The Labute approximate surface area is 177 Å². The third-order valence-corrected chi connectivity index (χ3v) is 5.72. The maximum atomic E-state index is 13.0. The van der Waals surface area contributed by atoms with E-state index in [2.05, 4.69) is 15.2 Å². The number of nitrogens with zero attached hydrogens (tertiary/aromatic N) is 2. The van der Waals surface area contributed by atoms with Crippen LogP contribution >= 0.6 is 0 Å². The van der Waals surface area contributed by atoms with Crippen molar-refractivity contribution in [3.63, 3.8) is 0 Å². The van der Waals surface area contributed by atoms with E-state index in [1.54, 1.807) is 30.5 Å². The molecule has 1 saturated heterocycles. The number of aromatic hydroxyl groups is 1. The van der Waals surface area contributed by atoms with Crippen LogP contribution in [0.3, 0.4) is 0 Å². The number of piperazine rings is 1. The van der Waals surface area contributed by atoms with Crippen molar-refractivity contribution in [3.8, 4) is 11.5 Å². The number of phenols is 1. The van der Waals surface area contributed by atoms with Gasteiger partial charge in [0.25, 0.3) is 5.69 Å². The van der Waals surface area contributed by atoms with Crippen LogP contribution in [0, 0.1) is 10.1 Å². The van der Waals surface area contributed by atoms with Crippen LogP contribution < -0.4 is 10.1 Å². The van der Waals surface area contributed by atoms with E-state index < -0.39 is 4.92 Å². The number of para-hydroxylation sites is 1. The van der Waals surface area contributed by atoms with E-state index in [4.69, 9.17) is 4.74 Å². The van der Waals surface area contributed by atoms with E-state index >= 15 is 0 Å². The lowest BCUT2D eigenvalue weighted by Crippen LogP contribution is -2.42. The third kappa shape index (κ3) is 3.33. The number of fused-ring (bicyclic) bond motifs is 2. The largest absolute Gasteiger partial charge is 0.507 e. The van der Waals surface area contributed by atoms with E-state index in [9.17, 15) is 20.0 Å². The molecule has 5 rings (SSSR count). The number of ether oxygens (including phenoxy) is 1. The number of phenolic OH excluding ortho intramolecular Hbond substituents is 1. The first-order valence-electron chi connectivity index (χ1n) is 9.99. The van der Waals surface area contributed by atoms with Gasteiger partial charge in [-0.3, -0.25) is 19.8 Å². The smallest absolute Gasteiger partial charge is 0.293 e. The Bertz CT molecular complexity index is 1240. The molecule has 3 aromatic rings. The van der Waals surface area contributed by atoms with Crippen LogP contribution in [0.4, 0.5) is 5.69 Å². The van der Waals surface area contributed by atoms with Gasteiger partial charge in [-0.05, 0) is 18.2 Å². The molecule has 31 heavy (non-hydrogen) atoms. The number of Topliss-reactive ketones (excluding diaryl/α,β-unsaturated/α-hetero) is 1. The van der Waals surface area contributed by atoms with E-state index in [0.717, 1.165) is 26.2 Å². The quantitative estimate of drug-likeness (QED) is 0.337. The maximum absolute atomic E-state index is 13.0. The standard InChI is InChI=1S/C22H20N4O5/c27-18-5-4-15-21(28)19(31-22(15)16(18)12-25-8-6-23-7-9-25)10-13-11-24-20-14(13)2-1-3-17(20)26(29)30/h1-5,10-11,23-24,27H,6-9,12H2. The van der Waals surface area contributed by atoms with Crippen LogP contribution in [-0.2, 0) is 6.54 Å². The van der Waals surface area contributed by atoms with Crippen LogP contribution in [-0.4, -0.2) is 51.9 Å². The number of H-pyrrole nitrogens is 1. The van der Waals surface area contributed by atoms with E-state index in [1.165, 1.54) is 12.1 Å². The van der Waals surface area contributed by atoms with Crippen molar-refractivity contribution in [1.29, 1.82) is 0 Å². The number of aromatic nitrogens is 1. The lowest BCUT2D eigenvalue weighted by Gasteiger charge is -2.27. The van der Waals surface area contributed by atoms with Crippen LogP contribution in [0.25, 0.3) is 17.0 Å². The fraction of sp³-hybridized carbons (Fsp3) is 0.227. The van der Waals surface area contributed by atoms with Crippen molar-refractivity contribution < 1.29 is 19.6 Å². The van der Waals surface area contributed by atoms with Crippen LogP contribution in [0.1, 0.15) is 21.5 Å². The van der Waals surface area contributed by atoms with Crippen LogP contribution in [0.15, 0.2) is 42.3 Å². The van der Waals surface area contributed by atoms with Gasteiger partial charge in [-0.25, -0.2) is 0 Å². The molecule has 0 unspecified atom stereocenters. The predicted octanol–water partition coefficient (Wildman–Crippen LogP) is 2.80. The zero-order chi connectivity index (χ0) is 21.5. The molecule has 0 radical (unpaired) electrons. The number of non-ortho nitro benzene ring substituents is 1. The topological polar surface area (TPSA) is 121 Å². The molecule has 0 bridgehead atoms. The van der Waals surface area contributed by atoms with Gasteiger partial charge in [-0.15, -0.1) is 0 Å². The zero-order valence-corrected chi connectivity index (χ0v) is 16.6. The first kappa shape index (κ1) is 19.3. The van der Waals surface area contributed by atoms with E-state index in [0.29, 0.717) is 39.9 Å². The van der Waals surface area contributed by atoms with Crippen molar-refractivity contribution in [3.05, 3.63) is 69.1 Å². The number of carbonyl (C=O) groups excluding carboxylic acids is 1. The SMILES string of the molecule is O=C1C(=Cc2c[nH]c3c([N+](=O)[O-])cccc23)Oc2c1ccc(O)c2CN1CCNCC1. The molecule has 2 aliphatic rings. The molecular weight excluding hydrogens is 400 g/mol. The second-order valence-corrected chi connectivity index (χ2v) is 7.61. The Kier molecular flexibility index (Phi) is 4.68. The minimum absolute atomic E-state index is 0.0349. The number of nitrogens with one attached hydrogen (secondary N) is 2. The van der Waals surface area contributed by atoms with E-state index in [1.807, 2.05) is 0 Å². The highest BCUT2D eigenvalue weighted by atomic mass is 16.6. The second kappa shape index (κ2) is 7.53. The number of nitro groups is 1. The number of rotatable bonds is 4. The first-order valence-corrected chi connectivity index (χ1v) is 9.99. The molecule has 2 aliphatic heterocycles. The fourth-order valence-corrected chi connectivity index (χ4v) is 4.12. The van der Waals surface area contributed by atoms with Gasteiger partial charge >= 0.3 is 0 Å². The van der Waals surface area contributed by atoms with E-state index in [-0.39, 0.29) is 23.0 Å². The zero-order valence-electron chi connectivity index (χ0n) is 16.6. The van der Waals surface area contributed by atoms with Gasteiger partial charge in [0.2, 0.25) is 5.78 Å².